The summed E-state index contributed by atoms with van der Waals surface area (Å²) in [6.45, 7) is 0.731. The monoisotopic (exact) mass is 427 g/mol. The van der Waals surface area contributed by atoms with E-state index in [1.165, 1.54) is 5.56 Å². The highest BCUT2D eigenvalue weighted by Gasteiger charge is 2.13. The van der Waals surface area contributed by atoms with Crippen LogP contribution in [0.5, 0.6) is 0 Å². The minimum Gasteiger partial charge on any atom is -0.343 e. The fraction of sp³-hybridized carbons (Fsp3) is 0.0800. The van der Waals surface area contributed by atoms with Gasteiger partial charge in [-0.05, 0) is 40.8 Å². The van der Waals surface area contributed by atoms with Gasteiger partial charge in [0.15, 0.2) is 0 Å². The first-order valence-electron chi connectivity index (χ1n) is 9.98. The van der Waals surface area contributed by atoms with Crippen LogP contribution in [0.4, 0.5) is 5.69 Å². The minimum atomic E-state index is -1.21. The molecule has 0 radical (unpaired) electrons. The van der Waals surface area contributed by atoms with E-state index in [4.69, 9.17) is 0 Å². The molecule has 0 amide bonds. The number of aromatic amines is 1. The van der Waals surface area contributed by atoms with Gasteiger partial charge < -0.3 is 14.3 Å². The van der Waals surface area contributed by atoms with Gasteiger partial charge in [-0.15, -0.1) is 0 Å². The highest BCUT2D eigenvalue weighted by atomic mass is 32.2. The number of nitrogens with zero attached hydrogens (tertiary/aromatic N) is 1. The normalized spacial score (nSPS) is 12.3. The highest BCUT2D eigenvalue weighted by molar-refractivity contribution is 7.85. The van der Waals surface area contributed by atoms with E-state index in [1.807, 2.05) is 54.6 Å². The summed E-state index contributed by atoms with van der Waals surface area (Å²) in [7, 11) is -1.21. The summed E-state index contributed by atoms with van der Waals surface area (Å²) in [5, 5.41) is 2.53. The van der Waals surface area contributed by atoms with Crippen molar-refractivity contribution in [3.8, 4) is 11.1 Å². The van der Waals surface area contributed by atoms with Crippen molar-refractivity contribution in [2.75, 3.05) is 11.0 Å². The van der Waals surface area contributed by atoms with Gasteiger partial charge in [-0.1, -0.05) is 48.5 Å². The molecule has 0 bridgehead atoms. The first-order chi connectivity index (χ1) is 15.1. The number of aromatic nitrogens is 2. The van der Waals surface area contributed by atoms with Crippen LogP contribution in [0.25, 0.3) is 32.8 Å². The summed E-state index contributed by atoms with van der Waals surface area (Å²) in [5.74, 6) is 0. The van der Waals surface area contributed by atoms with Crippen molar-refractivity contribution in [1.82, 2.24) is 9.55 Å². The Labute approximate surface area is 181 Å². The van der Waals surface area contributed by atoms with Crippen LogP contribution in [0.2, 0.25) is 0 Å². The third-order valence-electron chi connectivity index (χ3n) is 5.46. The molecular weight excluding hydrogens is 406 g/mol. The van der Waals surface area contributed by atoms with Crippen molar-refractivity contribution in [3.05, 3.63) is 101 Å². The van der Waals surface area contributed by atoms with Gasteiger partial charge in [0.2, 0.25) is 0 Å². The van der Waals surface area contributed by atoms with Gasteiger partial charge in [0.1, 0.15) is 11.0 Å². The minimum absolute atomic E-state index is 0.110. The Balaban J connectivity index is 1.74. The van der Waals surface area contributed by atoms with Crippen molar-refractivity contribution in [2.24, 2.45) is 0 Å². The Bertz CT molecular complexity index is 1490. The summed E-state index contributed by atoms with van der Waals surface area (Å²) >= 11 is 0. The van der Waals surface area contributed by atoms with Crippen LogP contribution in [0.15, 0.2) is 90.0 Å². The fourth-order valence-corrected chi connectivity index (χ4v) is 4.53. The first-order valence-corrected chi connectivity index (χ1v) is 11.5. The number of rotatable bonds is 5. The van der Waals surface area contributed by atoms with E-state index in [0.29, 0.717) is 5.39 Å². The summed E-state index contributed by atoms with van der Waals surface area (Å²) in [5.41, 5.74) is 4.80. The first kappa shape index (κ1) is 19.3. The SMILES string of the molecule is CS(=O)Nc1cc(-c2c[nH]c(=O)c3ccccc23)cc2c1ccn2Cc1ccccc1. The fourth-order valence-electron chi connectivity index (χ4n) is 4.06. The molecule has 0 aliphatic carbocycles. The van der Waals surface area contributed by atoms with Gasteiger partial charge in [0.05, 0.1) is 11.2 Å². The van der Waals surface area contributed by atoms with E-state index in [-0.39, 0.29) is 5.56 Å². The summed E-state index contributed by atoms with van der Waals surface area (Å²) in [4.78, 5) is 15.1. The number of hydrogen-bond donors (Lipinski definition) is 2. The molecule has 0 saturated carbocycles. The van der Waals surface area contributed by atoms with Crippen LogP contribution in [0, 0.1) is 0 Å². The van der Waals surface area contributed by atoms with E-state index in [9.17, 15) is 9.00 Å². The van der Waals surface area contributed by atoms with Crippen molar-refractivity contribution < 1.29 is 4.21 Å². The van der Waals surface area contributed by atoms with Gasteiger partial charge in [-0.3, -0.25) is 4.79 Å². The molecule has 154 valence electrons. The average molecular weight is 428 g/mol. The predicted octanol–water partition coefficient (Wildman–Crippen LogP) is 4.90. The zero-order valence-corrected chi connectivity index (χ0v) is 17.8. The maximum absolute atomic E-state index is 12.3. The lowest BCUT2D eigenvalue weighted by Gasteiger charge is -2.13. The molecule has 31 heavy (non-hydrogen) atoms. The second-order valence-electron chi connectivity index (χ2n) is 7.52. The quantitative estimate of drug-likeness (QED) is 0.419. The van der Waals surface area contributed by atoms with Gasteiger partial charge in [0, 0.05) is 41.5 Å². The molecule has 0 aliphatic heterocycles. The molecule has 5 aromatic rings. The Morgan fingerprint density at radius 2 is 1.68 bits per heavy atom. The number of anilines is 1. The summed E-state index contributed by atoms with van der Waals surface area (Å²) in [6, 6.07) is 24.0. The van der Waals surface area contributed by atoms with Crippen LogP contribution < -0.4 is 10.3 Å². The van der Waals surface area contributed by atoms with E-state index in [1.54, 1.807) is 12.5 Å². The number of hydrogen-bond acceptors (Lipinski definition) is 2. The molecule has 1 atom stereocenters. The van der Waals surface area contributed by atoms with Gasteiger partial charge in [0.25, 0.3) is 5.56 Å². The summed E-state index contributed by atoms with van der Waals surface area (Å²) in [6.07, 6.45) is 5.42. The van der Waals surface area contributed by atoms with Gasteiger partial charge in [-0.25, -0.2) is 4.21 Å². The Morgan fingerprint density at radius 1 is 0.935 bits per heavy atom. The largest absolute Gasteiger partial charge is 0.343 e. The smallest absolute Gasteiger partial charge is 0.255 e. The molecule has 0 fully saturated rings. The lowest BCUT2D eigenvalue weighted by molar-refractivity contribution is 0.690. The molecule has 0 saturated heterocycles. The van der Waals surface area contributed by atoms with Crippen LogP contribution in [0.3, 0.4) is 0 Å². The standard InChI is InChI=1S/C25H21N3O2S/c1-31(30)27-23-13-18(22-15-26-25(29)20-10-6-5-9-19(20)22)14-24-21(23)11-12-28(24)16-17-7-3-2-4-8-17/h2-15,27H,16H2,1H3,(H,26,29). The van der Waals surface area contributed by atoms with Crippen LogP contribution in [0.1, 0.15) is 5.56 Å². The number of H-pyrrole nitrogens is 1. The lowest BCUT2D eigenvalue weighted by Crippen LogP contribution is -2.06. The third kappa shape index (κ3) is 3.66. The molecule has 1 unspecified atom stereocenters. The molecule has 6 heteroatoms. The number of nitrogens with one attached hydrogen (secondary N) is 2. The molecule has 0 spiro atoms. The molecule has 5 nitrogen and oxygen atoms in total. The van der Waals surface area contributed by atoms with Gasteiger partial charge in [-0.2, -0.15) is 0 Å². The van der Waals surface area contributed by atoms with Crippen molar-refractivity contribution in [2.45, 2.75) is 6.54 Å². The molecule has 0 aliphatic rings. The topological polar surface area (TPSA) is 66.9 Å². The van der Waals surface area contributed by atoms with E-state index in [2.05, 4.69) is 38.7 Å². The molecule has 2 heterocycles. The Morgan fingerprint density at radius 3 is 2.45 bits per heavy atom. The predicted molar refractivity (Wildman–Crippen MR) is 129 cm³/mol. The zero-order chi connectivity index (χ0) is 21.4. The van der Waals surface area contributed by atoms with E-state index >= 15 is 0 Å². The lowest BCUT2D eigenvalue weighted by atomic mass is 9.99. The highest BCUT2D eigenvalue weighted by Crippen LogP contribution is 2.34. The molecule has 2 N–H and O–H groups in total. The van der Waals surface area contributed by atoms with Gasteiger partial charge >= 0.3 is 0 Å². The zero-order valence-electron chi connectivity index (χ0n) is 17.0. The maximum Gasteiger partial charge on any atom is 0.255 e. The van der Waals surface area contributed by atoms with E-state index < -0.39 is 11.0 Å². The number of pyridine rings is 1. The molecule has 5 rings (SSSR count). The number of benzene rings is 3. The molecular formula is C25H21N3O2S. The third-order valence-corrected chi connectivity index (χ3v) is 5.97. The second kappa shape index (κ2) is 7.89. The van der Waals surface area contributed by atoms with Crippen LogP contribution >= 0.6 is 0 Å². The number of fused-ring (bicyclic) bond motifs is 2. The average Bonchev–Trinajstić information content (AvgIpc) is 3.17. The summed E-state index contributed by atoms with van der Waals surface area (Å²) < 4.78 is 17.3. The van der Waals surface area contributed by atoms with Crippen LogP contribution in [-0.4, -0.2) is 20.0 Å². The van der Waals surface area contributed by atoms with Crippen molar-refractivity contribution in [3.63, 3.8) is 0 Å². The maximum atomic E-state index is 12.3. The van der Waals surface area contributed by atoms with E-state index in [0.717, 1.165) is 39.6 Å². The Hall–Kier alpha value is -3.64. The van der Waals surface area contributed by atoms with Crippen molar-refractivity contribution in [1.29, 1.82) is 0 Å². The van der Waals surface area contributed by atoms with Crippen molar-refractivity contribution >= 4 is 38.3 Å². The van der Waals surface area contributed by atoms with Crippen LogP contribution in [-0.2, 0) is 17.5 Å². The molecule has 2 aromatic heterocycles. The second-order valence-corrected chi connectivity index (χ2v) is 8.63. The molecule has 3 aromatic carbocycles. The Kier molecular flexibility index (Phi) is 4.92.